The van der Waals surface area contributed by atoms with Gasteiger partial charge in [0.1, 0.15) is 0 Å². The molecule has 0 N–H and O–H groups in total. The Balaban J connectivity index is 2.92. The van der Waals surface area contributed by atoms with Crippen LogP contribution < -0.4 is 0 Å². The van der Waals surface area contributed by atoms with E-state index in [9.17, 15) is 0 Å². The van der Waals surface area contributed by atoms with E-state index >= 15 is 0 Å². The van der Waals surface area contributed by atoms with Gasteiger partial charge in [-0.2, -0.15) is 0 Å². The Kier molecular flexibility index (Phi) is 5.07. The fourth-order valence-electron chi connectivity index (χ4n) is 0.311. The predicted octanol–water partition coefficient (Wildman–Crippen LogP) is 2.34. The first kappa shape index (κ1) is 6.48. The van der Waals surface area contributed by atoms with Crippen LogP contribution in [0.1, 0.15) is 13.3 Å². The molecule has 0 fully saturated rings. The number of hydrogen-bond acceptors (Lipinski definition) is 0. The minimum Gasteiger partial charge on any atom is -0.0991 e. The van der Waals surface area contributed by atoms with E-state index in [1.54, 1.807) is 6.08 Å². The van der Waals surface area contributed by atoms with Crippen molar-refractivity contribution in [2.45, 2.75) is 13.3 Å². The molecule has 0 heterocycles. The molecule has 0 rings (SSSR count). The molecule has 0 saturated heterocycles. The summed E-state index contributed by atoms with van der Waals surface area (Å²) in [7, 11) is 0. The fourth-order valence-corrected chi connectivity index (χ4v) is 0.311. The van der Waals surface area contributed by atoms with E-state index in [0.29, 0.717) is 0 Å². The highest BCUT2D eigenvalue weighted by atomic mass is 13.7. The van der Waals surface area contributed by atoms with Crippen molar-refractivity contribution in [3.63, 3.8) is 0 Å². The maximum atomic E-state index is 3.53. The lowest BCUT2D eigenvalue weighted by atomic mass is 10.3. The lowest BCUT2D eigenvalue weighted by Gasteiger charge is -1.76. The molecule has 0 bridgehead atoms. The van der Waals surface area contributed by atoms with Crippen LogP contribution in [0.2, 0.25) is 0 Å². The zero-order chi connectivity index (χ0) is 5.54. The van der Waals surface area contributed by atoms with E-state index in [1.807, 2.05) is 13.0 Å². The maximum absolute atomic E-state index is 3.53. The zero-order valence-corrected chi connectivity index (χ0v) is 4.72. The van der Waals surface area contributed by atoms with Gasteiger partial charge in [-0.15, -0.1) is 0 Å². The number of rotatable bonds is 3. The van der Waals surface area contributed by atoms with Crippen LogP contribution in [0.5, 0.6) is 0 Å². The molecule has 0 unspecified atom stereocenters. The molecule has 0 amide bonds. The van der Waals surface area contributed by atoms with Crippen LogP contribution >= 0.6 is 0 Å². The minimum atomic E-state index is 1.05. The molecule has 0 atom stereocenters. The zero-order valence-electron chi connectivity index (χ0n) is 4.72. The average molecular weight is 95.2 g/mol. The molecule has 0 spiro atoms. The van der Waals surface area contributed by atoms with Crippen LogP contribution in [0.4, 0.5) is 0 Å². The predicted molar refractivity (Wildman–Crippen MR) is 33.9 cm³/mol. The molecule has 0 aromatic carbocycles. The molecule has 0 aliphatic heterocycles. The highest BCUT2D eigenvalue weighted by molar-refractivity contribution is 4.98. The summed E-state index contributed by atoms with van der Waals surface area (Å²) >= 11 is 0. The summed E-state index contributed by atoms with van der Waals surface area (Å²) in [6.07, 6.45) is 8.93. The van der Waals surface area contributed by atoms with Gasteiger partial charge in [0.15, 0.2) is 0 Å². The van der Waals surface area contributed by atoms with Crippen molar-refractivity contribution in [1.29, 1.82) is 0 Å². The molecule has 0 aliphatic carbocycles. The van der Waals surface area contributed by atoms with E-state index in [1.165, 1.54) is 0 Å². The molecule has 0 aromatic heterocycles. The van der Waals surface area contributed by atoms with Gasteiger partial charge in [-0.25, -0.2) is 0 Å². The maximum Gasteiger partial charge on any atom is -0.0319 e. The standard InChI is InChI=1S/C7H11/c1-3-5-7-6-4-2/h3-5,7H,1,6H2,2H3. The van der Waals surface area contributed by atoms with Crippen LogP contribution in [0.3, 0.4) is 0 Å². The van der Waals surface area contributed by atoms with E-state index in [2.05, 4.69) is 19.1 Å². The minimum absolute atomic E-state index is 1.05. The molecular weight excluding hydrogens is 84.1 g/mol. The van der Waals surface area contributed by atoms with Crippen molar-refractivity contribution in [3.8, 4) is 0 Å². The number of allylic oxidation sites excluding steroid dienone is 3. The van der Waals surface area contributed by atoms with E-state index in [4.69, 9.17) is 0 Å². The molecule has 0 aliphatic rings. The van der Waals surface area contributed by atoms with Crippen molar-refractivity contribution in [2.75, 3.05) is 0 Å². The van der Waals surface area contributed by atoms with Gasteiger partial charge in [-0.3, -0.25) is 0 Å². The SMILES string of the molecule is C=CC=CC[CH]C. The number of unbranched alkanes of at least 4 members (excludes halogenated alkanes) is 1. The van der Waals surface area contributed by atoms with Crippen molar-refractivity contribution in [1.82, 2.24) is 0 Å². The normalized spacial score (nSPS) is 9.86. The number of hydrogen-bond donors (Lipinski definition) is 0. The fraction of sp³-hybridized carbons (Fsp3) is 0.286. The van der Waals surface area contributed by atoms with Gasteiger partial charge in [-0.05, 0) is 12.8 Å². The monoisotopic (exact) mass is 95.1 g/mol. The highest BCUT2D eigenvalue weighted by Gasteiger charge is 1.66. The van der Waals surface area contributed by atoms with Gasteiger partial charge >= 0.3 is 0 Å². The van der Waals surface area contributed by atoms with E-state index in [-0.39, 0.29) is 0 Å². The van der Waals surface area contributed by atoms with E-state index in [0.717, 1.165) is 6.42 Å². The molecule has 1 radical (unpaired) electrons. The Bertz CT molecular complexity index is 60.4. The van der Waals surface area contributed by atoms with Crippen LogP contribution in [-0.2, 0) is 0 Å². The largest absolute Gasteiger partial charge is 0.0991 e. The summed E-state index contributed by atoms with van der Waals surface area (Å²) < 4.78 is 0. The third kappa shape index (κ3) is 5.48. The molecule has 7 heavy (non-hydrogen) atoms. The smallest absolute Gasteiger partial charge is 0.0319 e. The lowest BCUT2D eigenvalue weighted by molar-refractivity contribution is 1.21. The van der Waals surface area contributed by atoms with Gasteiger partial charge in [0, 0.05) is 0 Å². The second kappa shape index (κ2) is 5.48. The molecule has 0 heteroatoms. The molecule has 0 nitrogen and oxygen atoms in total. The van der Waals surface area contributed by atoms with Gasteiger partial charge < -0.3 is 0 Å². The summed E-state index contributed by atoms with van der Waals surface area (Å²) in [5, 5.41) is 0. The van der Waals surface area contributed by atoms with Gasteiger partial charge in [0.2, 0.25) is 0 Å². The second-order valence-electron chi connectivity index (χ2n) is 1.31. The Morgan fingerprint density at radius 3 is 2.71 bits per heavy atom. The summed E-state index contributed by atoms with van der Waals surface area (Å²) in [6, 6.07) is 0. The third-order valence-electron chi connectivity index (χ3n) is 0.644. The van der Waals surface area contributed by atoms with Crippen LogP contribution in [0.15, 0.2) is 24.8 Å². The average Bonchev–Trinajstić information content (AvgIpc) is 1.69. The van der Waals surface area contributed by atoms with Crippen LogP contribution in [0.25, 0.3) is 0 Å². The Labute approximate surface area is 45.5 Å². The molecule has 0 saturated carbocycles. The van der Waals surface area contributed by atoms with Crippen molar-refractivity contribution < 1.29 is 0 Å². The van der Waals surface area contributed by atoms with Crippen LogP contribution in [-0.4, -0.2) is 0 Å². The third-order valence-corrected chi connectivity index (χ3v) is 0.644. The quantitative estimate of drug-likeness (QED) is 0.472. The highest BCUT2D eigenvalue weighted by Crippen LogP contribution is 1.85. The summed E-state index contributed by atoms with van der Waals surface area (Å²) in [4.78, 5) is 0. The summed E-state index contributed by atoms with van der Waals surface area (Å²) in [5.41, 5.74) is 0. The van der Waals surface area contributed by atoms with Gasteiger partial charge in [0.05, 0.1) is 0 Å². The molecular formula is C7H11. The lowest BCUT2D eigenvalue weighted by Crippen LogP contribution is -1.58. The van der Waals surface area contributed by atoms with Crippen molar-refractivity contribution in [3.05, 3.63) is 31.2 Å². The molecule has 39 valence electrons. The topological polar surface area (TPSA) is 0 Å². The van der Waals surface area contributed by atoms with Gasteiger partial charge in [0.25, 0.3) is 0 Å². The Morgan fingerprint density at radius 2 is 2.29 bits per heavy atom. The first-order valence-corrected chi connectivity index (χ1v) is 2.47. The van der Waals surface area contributed by atoms with Crippen molar-refractivity contribution in [2.24, 2.45) is 0 Å². The first-order chi connectivity index (χ1) is 3.41. The van der Waals surface area contributed by atoms with E-state index < -0.39 is 0 Å². The Morgan fingerprint density at radius 1 is 1.57 bits per heavy atom. The first-order valence-electron chi connectivity index (χ1n) is 2.47. The molecule has 0 aromatic rings. The summed E-state index contributed by atoms with van der Waals surface area (Å²) in [6.45, 7) is 5.57. The summed E-state index contributed by atoms with van der Waals surface area (Å²) in [5.74, 6) is 0. The Hall–Kier alpha value is -0.520. The van der Waals surface area contributed by atoms with Crippen LogP contribution in [0, 0.1) is 6.42 Å². The van der Waals surface area contributed by atoms with Crippen molar-refractivity contribution >= 4 is 0 Å². The second-order valence-corrected chi connectivity index (χ2v) is 1.31. The van der Waals surface area contributed by atoms with Gasteiger partial charge in [-0.1, -0.05) is 31.7 Å².